The van der Waals surface area contributed by atoms with Crippen molar-refractivity contribution < 1.29 is 13.6 Å². The van der Waals surface area contributed by atoms with Crippen LogP contribution in [0.3, 0.4) is 0 Å². The average Bonchev–Trinajstić information content (AvgIpc) is 2.45. The molecule has 1 amide bonds. The third-order valence-corrected chi connectivity index (χ3v) is 3.71. The van der Waals surface area contributed by atoms with Crippen molar-refractivity contribution in [3.63, 3.8) is 0 Å². The van der Waals surface area contributed by atoms with Crippen LogP contribution in [0.5, 0.6) is 0 Å². The van der Waals surface area contributed by atoms with Crippen molar-refractivity contribution in [3.8, 4) is 0 Å². The van der Waals surface area contributed by atoms with Crippen LogP contribution in [-0.2, 0) is 11.3 Å². The van der Waals surface area contributed by atoms with Gasteiger partial charge in [-0.2, -0.15) is 0 Å². The van der Waals surface area contributed by atoms with Crippen LogP contribution in [0.25, 0.3) is 0 Å². The van der Waals surface area contributed by atoms with Gasteiger partial charge in [-0.25, -0.2) is 8.78 Å². The molecule has 7 heteroatoms. The topological polar surface area (TPSA) is 58.4 Å². The predicted molar refractivity (Wildman–Crippen MR) is 83.7 cm³/mol. The molecule has 1 heterocycles. The first-order valence-electron chi connectivity index (χ1n) is 7.24. The first kappa shape index (κ1) is 18.8. The van der Waals surface area contributed by atoms with Gasteiger partial charge < -0.3 is 11.1 Å². The van der Waals surface area contributed by atoms with Crippen LogP contribution in [0, 0.1) is 11.6 Å². The van der Waals surface area contributed by atoms with Gasteiger partial charge in [0, 0.05) is 38.6 Å². The lowest BCUT2D eigenvalue weighted by Crippen LogP contribution is -2.44. The van der Waals surface area contributed by atoms with Gasteiger partial charge in [0.1, 0.15) is 0 Å². The smallest absolute Gasteiger partial charge is 0.221 e. The standard InChI is InChI=1S/C15H21F2N3O.ClH/c16-13-2-1-11(9-14(13)17)10-20-7-4-12(5-8-20)19-15(21)3-6-18;/h1-2,9,12H,3-8,10,18H2,(H,19,21);1H. The SMILES string of the molecule is Cl.NCCC(=O)NC1CCN(Cc2ccc(F)c(F)c2)CC1. The Morgan fingerprint density at radius 3 is 2.55 bits per heavy atom. The maximum atomic E-state index is 13.2. The minimum absolute atomic E-state index is 0. The molecular weight excluding hydrogens is 312 g/mol. The number of amides is 1. The molecule has 0 unspecified atom stereocenters. The Morgan fingerprint density at radius 1 is 1.27 bits per heavy atom. The van der Waals surface area contributed by atoms with Gasteiger partial charge in [-0.3, -0.25) is 9.69 Å². The molecule has 1 aliphatic heterocycles. The summed E-state index contributed by atoms with van der Waals surface area (Å²) in [5.74, 6) is -1.63. The number of benzene rings is 1. The Bertz CT molecular complexity index is 494. The van der Waals surface area contributed by atoms with Gasteiger partial charge in [-0.1, -0.05) is 6.07 Å². The van der Waals surface area contributed by atoms with E-state index in [2.05, 4.69) is 10.2 Å². The summed E-state index contributed by atoms with van der Waals surface area (Å²) in [7, 11) is 0. The second-order valence-corrected chi connectivity index (χ2v) is 5.41. The van der Waals surface area contributed by atoms with E-state index < -0.39 is 11.6 Å². The van der Waals surface area contributed by atoms with Gasteiger partial charge in [-0.15, -0.1) is 12.4 Å². The van der Waals surface area contributed by atoms with Crippen LogP contribution in [-0.4, -0.2) is 36.5 Å². The molecule has 0 spiro atoms. The zero-order valence-electron chi connectivity index (χ0n) is 12.4. The number of nitrogens with two attached hydrogens (primary N) is 1. The first-order valence-corrected chi connectivity index (χ1v) is 7.24. The van der Waals surface area contributed by atoms with Crippen LogP contribution in [0.15, 0.2) is 18.2 Å². The number of carbonyl (C=O) groups excluding carboxylic acids is 1. The number of hydrogen-bond acceptors (Lipinski definition) is 3. The summed E-state index contributed by atoms with van der Waals surface area (Å²) in [6.07, 6.45) is 2.08. The molecule has 1 saturated heterocycles. The minimum atomic E-state index is -0.819. The Labute approximate surface area is 135 Å². The van der Waals surface area contributed by atoms with Crippen molar-refractivity contribution in [2.24, 2.45) is 5.73 Å². The zero-order valence-corrected chi connectivity index (χ0v) is 13.2. The number of piperidine rings is 1. The van der Waals surface area contributed by atoms with Crippen LogP contribution < -0.4 is 11.1 Å². The molecule has 1 aromatic rings. The molecule has 0 radical (unpaired) electrons. The molecule has 1 fully saturated rings. The summed E-state index contributed by atoms with van der Waals surface area (Å²) in [6, 6.07) is 4.19. The molecule has 0 saturated carbocycles. The number of nitrogens with one attached hydrogen (secondary N) is 1. The van der Waals surface area contributed by atoms with Crippen LogP contribution in [0.2, 0.25) is 0 Å². The Hall–Kier alpha value is -1.24. The normalized spacial score (nSPS) is 16.1. The van der Waals surface area contributed by atoms with E-state index in [0.717, 1.165) is 37.6 Å². The van der Waals surface area contributed by atoms with Gasteiger partial charge in [0.25, 0.3) is 0 Å². The lowest BCUT2D eigenvalue weighted by molar-refractivity contribution is -0.121. The molecule has 4 nitrogen and oxygen atoms in total. The number of rotatable bonds is 5. The Balaban J connectivity index is 0.00000242. The van der Waals surface area contributed by atoms with E-state index in [9.17, 15) is 13.6 Å². The van der Waals surface area contributed by atoms with Crippen LogP contribution >= 0.6 is 12.4 Å². The number of likely N-dealkylation sites (tertiary alicyclic amines) is 1. The van der Waals surface area contributed by atoms with Crippen molar-refractivity contribution in [2.45, 2.75) is 31.8 Å². The number of halogens is 3. The molecule has 124 valence electrons. The monoisotopic (exact) mass is 333 g/mol. The molecule has 1 aliphatic rings. The maximum absolute atomic E-state index is 13.2. The van der Waals surface area contributed by atoms with Crippen molar-refractivity contribution in [1.29, 1.82) is 0 Å². The van der Waals surface area contributed by atoms with E-state index in [4.69, 9.17) is 5.73 Å². The van der Waals surface area contributed by atoms with E-state index in [-0.39, 0.29) is 24.4 Å². The summed E-state index contributed by atoms with van der Waals surface area (Å²) in [5.41, 5.74) is 6.10. The van der Waals surface area contributed by atoms with Crippen molar-refractivity contribution in [3.05, 3.63) is 35.4 Å². The zero-order chi connectivity index (χ0) is 15.2. The Kier molecular flexibility index (Phi) is 7.72. The maximum Gasteiger partial charge on any atom is 0.221 e. The quantitative estimate of drug-likeness (QED) is 0.864. The van der Waals surface area contributed by atoms with Crippen molar-refractivity contribution in [1.82, 2.24) is 10.2 Å². The summed E-state index contributed by atoms with van der Waals surface area (Å²) < 4.78 is 26.0. The first-order chi connectivity index (χ1) is 10.1. The van der Waals surface area contributed by atoms with Gasteiger partial charge in [0.05, 0.1) is 0 Å². The van der Waals surface area contributed by atoms with Gasteiger partial charge >= 0.3 is 0 Å². The summed E-state index contributed by atoms with van der Waals surface area (Å²) in [6.45, 7) is 2.61. The number of carbonyl (C=O) groups is 1. The summed E-state index contributed by atoms with van der Waals surface area (Å²) in [5, 5.41) is 2.97. The molecule has 0 aromatic heterocycles. The molecule has 2 rings (SSSR count). The van der Waals surface area contributed by atoms with E-state index in [0.29, 0.717) is 19.5 Å². The second kappa shape index (κ2) is 9.02. The fourth-order valence-corrected chi connectivity index (χ4v) is 2.56. The van der Waals surface area contributed by atoms with Crippen molar-refractivity contribution in [2.75, 3.05) is 19.6 Å². The van der Waals surface area contributed by atoms with Crippen LogP contribution in [0.4, 0.5) is 8.78 Å². The van der Waals surface area contributed by atoms with Gasteiger partial charge in [0.2, 0.25) is 5.91 Å². The molecule has 1 aromatic carbocycles. The molecule has 22 heavy (non-hydrogen) atoms. The predicted octanol–water partition coefficient (Wildman–Crippen LogP) is 1.82. The fourth-order valence-electron chi connectivity index (χ4n) is 2.56. The second-order valence-electron chi connectivity index (χ2n) is 5.41. The highest BCUT2D eigenvalue weighted by atomic mass is 35.5. The molecule has 3 N–H and O–H groups in total. The van der Waals surface area contributed by atoms with Crippen LogP contribution in [0.1, 0.15) is 24.8 Å². The third kappa shape index (κ3) is 5.51. The molecule has 0 aliphatic carbocycles. The lowest BCUT2D eigenvalue weighted by atomic mass is 10.0. The number of hydrogen-bond donors (Lipinski definition) is 2. The fraction of sp³-hybridized carbons (Fsp3) is 0.533. The highest BCUT2D eigenvalue weighted by Crippen LogP contribution is 2.15. The van der Waals surface area contributed by atoms with E-state index in [1.165, 1.54) is 6.07 Å². The van der Waals surface area contributed by atoms with Gasteiger partial charge in [0.15, 0.2) is 11.6 Å². The number of nitrogens with zero attached hydrogens (tertiary/aromatic N) is 1. The van der Waals surface area contributed by atoms with E-state index >= 15 is 0 Å². The van der Waals surface area contributed by atoms with Crippen molar-refractivity contribution >= 4 is 18.3 Å². The largest absolute Gasteiger partial charge is 0.353 e. The molecular formula is C15H22ClF2N3O. The molecule has 0 bridgehead atoms. The highest BCUT2D eigenvalue weighted by Gasteiger charge is 2.20. The van der Waals surface area contributed by atoms with Gasteiger partial charge in [-0.05, 0) is 30.5 Å². The summed E-state index contributed by atoms with van der Waals surface area (Å²) >= 11 is 0. The Morgan fingerprint density at radius 2 is 1.95 bits per heavy atom. The molecule has 0 atom stereocenters. The minimum Gasteiger partial charge on any atom is -0.353 e. The van der Waals surface area contributed by atoms with E-state index in [1.807, 2.05) is 0 Å². The third-order valence-electron chi connectivity index (χ3n) is 3.71. The summed E-state index contributed by atoms with van der Waals surface area (Å²) in [4.78, 5) is 13.7. The average molecular weight is 334 g/mol. The highest BCUT2D eigenvalue weighted by molar-refractivity contribution is 5.85. The lowest BCUT2D eigenvalue weighted by Gasteiger charge is -2.32. The van der Waals surface area contributed by atoms with E-state index in [1.54, 1.807) is 6.07 Å².